The molecule has 3 heterocycles. The van der Waals surface area contributed by atoms with Crippen LogP contribution in [0.5, 0.6) is 0 Å². The first-order chi connectivity index (χ1) is 19.5. The monoisotopic (exact) mass is 583 g/mol. The summed E-state index contributed by atoms with van der Waals surface area (Å²) in [7, 11) is 0. The zero-order valence-corrected chi connectivity index (χ0v) is 23.6. The third kappa shape index (κ3) is 5.34. The van der Waals surface area contributed by atoms with Crippen molar-refractivity contribution in [3.8, 4) is 0 Å². The van der Waals surface area contributed by atoms with Gasteiger partial charge < -0.3 is 9.73 Å². The smallest absolute Gasteiger partial charge is 0.271 e. The van der Waals surface area contributed by atoms with Gasteiger partial charge in [0.2, 0.25) is 0 Å². The second kappa shape index (κ2) is 11.2. The van der Waals surface area contributed by atoms with Gasteiger partial charge in [0.05, 0.1) is 21.8 Å². The van der Waals surface area contributed by atoms with Crippen molar-refractivity contribution in [2.45, 2.75) is 23.0 Å². The van der Waals surface area contributed by atoms with Gasteiger partial charge >= 0.3 is 0 Å². The predicted molar refractivity (Wildman–Crippen MR) is 160 cm³/mol. The number of rotatable bonds is 6. The van der Waals surface area contributed by atoms with Crippen LogP contribution in [0.2, 0.25) is 5.02 Å². The summed E-state index contributed by atoms with van der Waals surface area (Å²) in [6, 6.07) is 29.3. The molecule has 1 aliphatic heterocycles. The number of hydrogen-bond donors (Lipinski definition) is 1. The second-order valence-electron chi connectivity index (χ2n) is 9.03. The highest BCUT2D eigenvalue weighted by atomic mass is 35.5. The van der Waals surface area contributed by atoms with E-state index in [1.165, 1.54) is 23.1 Å². The number of benzene rings is 3. The SMILES string of the molecule is CC1=C(C(=O)Nc2ccccc2)[C@H](c2ccccc2)n2c(s/c(=C\c3ccc(Sc4ccc(Cl)cc4)o3)c2=O)=N1. The molecular formula is C31H22ClN3O3S2. The highest BCUT2D eigenvalue weighted by Crippen LogP contribution is 2.32. The van der Waals surface area contributed by atoms with Crippen LogP contribution in [-0.4, -0.2) is 10.5 Å². The van der Waals surface area contributed by atoms with Crippen molar-refractivity contribution in [3.05, 3.63) is 144 Å². The van der Waals surface area contributed by atoms with E-state index in [1.54, 1.807) is 17.6 Å². The minimum Gasteiger partial charge on any atom is -0.450 e. The van der Waals surface area contributed by atoms with E-state index in [1.807, 2.05) is 97.1 Å². The molecule has 0 radical (unpaired) electrons. The van der Waals surface area contributed by atoms with Gasteiger partial charge in [0.15, 0.2) is 9.89 Å². The second-order valence-corrected chi connectivity index (χ2v) is 11.5. The zero-order valence-electron chi connectivity index (χ0n) is 21.2. The maximum absolute atomic E-state index is 13.8. The molecule has 40 heavy (non-hydrogen) atoms. The summed E-state index contributed by atoms with van der Waals surface area (Å²) in [6.45, 7) is 1.81. The Bertz CT molecular complexity index is 1910. The Morgan fingerprint density at radius 1 is 1.00 bits per heavy atom. The topological polar surface area (TPSA) is 76.6 Å². The number of para-hydroxylation sites is 1. The third-order valence-electron chi connectivity index (χ3n) is 6.32. The van der Waals surface area contributed by atoms with Gasteiger partial charge in [0.1, 0.15) is 5.76 Å². The molecule has 1 atom stereocenters. The van der Waals surface area contributed by atoms with E-state index in [0.717, 1.165) is 10.5 Å². The van der Waals surface area contributed by atoms with Gasteiger partial charge in [-0.25, -0.2) is 4.99 Å². The van der Waals surface area contributed by atoms with Crippen LogP contribution in [0.25, 0.3) is 6.08 Å². The average Bonchev–Trinajstić information content (AvgIpc) is 3.53. The van der Waals surface area contributed by atoms with Gasteiger partial charge in [-0.3, -0.25) is 14.2 Å². The molecule has 9 heteroatoms. The molecule has 0 fully saturated rings. The van der Waals surface area contributed by atoms with E-state index < -0.39 is 6.04 Å². The Morgan fingerprint density at radius 3 is 2.42 bits per heavy atom. The molecule has 3 aromatic carbocycles. The fraction of sp³-hybridized carbons (Fsp3) is 0.0645. The molecule has 1 amide bonds. The van der Waals surface area contributed by atoms with Crippen molar-refractivity contribution < 1.29 is 9.21 Å². The van der Waals surface area contributed by atoms with E-state index >= 15 is 0 Å². The molecular weight excluding hydrogens is 562 g/mol. The number of fused-ring (bicyclic) bond motifs is 1. The summed E-state index contributed by atoms with van der Waals surface area (Å²) < 4.78 is 8.06. The maximum atomic E-state index is 13.8. The lowest BCUT2D eigenvalue weighted by molar-refractivity contribution is -0.113. The fourth-order valence-electron chi connectivity index (χ4n) is 4.50. The number of carbonyl (C=O) groups excluding carboxylic acids is 1. The van der Waals surface area contributed by atoms with E-state index in [4.69, 9.17) is 21.0 Å². The molecule has 1 aliphatic rings. The first-order valence-corrected chi connectivity index (χ1v) is 14.4. The molecule has 0 bridgehead atoms. The number of nitrogens with one attached hydrogen (secondary N) is 1. The highest BCUT2D eigenvalue weighted by molar-refractivity contribution is 7.99. The van der Waals surface area contributed by atoms with Crippen molar-refractivity contribution >= 4 is 52.4 Å². The number of thiazole rings is 1. The summed E-state index contributed by atoms with van der Waals surface area (Å²) in [6.07, 6.45) is 1.72. The van der Waals surface area contributed by atoms with E-state index in [2.05, 4.69) is 5.32 Å². The maximum Gasteiger partial charge on any atom is 0.271 e. The van der Waals surface area contributed by atoms with Crippen LogP contribution in [0.3, 0.4) is 0 Å². The van der Waals surface area contributed by atoms with E-state index in [9.17, 15) is 9.59 Å². The molecule has 0 saturated carbocycles. The molecule has 1 N–H and O–H groups in total. The Hall–Kier alpha value is -4.11. The number of nitrogens with zero attached hydrogens (tertiary/aromatic N) is 2. The van der Waals surface area contributed by atoms with Gasteiger partial charge in [0.25, 0.3) is 11.5 Å². The number of aromatic nitrogens is 1. The van der Waals surface area contributed by atoms with Crippen LogP contribution in [0.1, 0.15) is 24.3 Å². The molecule has 6 rings (SSSR count). The molecule has 0 aliphatic carbocycles. The summed E-state index contributed by atoms with van der Waals surface area (Å²) in [5.74, 6) is 0.251. The van der Waals surface area contributed by atoms with Crippen molar-refractivity contribution in [3.63, 3.8) is 0 Å². The standard InChI is InChI=1S/C31H22ClN3O3S2/c1-19-27(29(36)34-22-10-6-3-7-11-22)28(20-8-4-2-5-9-20)35-30(37)25(40-31(35)33-19)18-23-14-17-26(38-23)39-24-15-12-21(32)13-16-24/h2-18,28H,1H3,(H,34,36)/b25-18-/t28-/m0/s1. The Kier molecular flexibility index (Phi) is 7.30. The van der Waals surface area contributed by atoms with Gasteiger partial charge in [-0.05, 0) is 61.0 Å². The number of carbonyl (C=O) groups is 1. The van der Waals surface area contributed by atoms with Crippen molar-refractivity contribution in [1.82, 2.24) is 4.57 Å². The number of halogens is 1. The summed E-state index contributed by atoms with van der Waals surface area (Å²) in [4.78, 5) is 33.6. The summed E-state index contributed by atoms with van der Waals surface area (Å²) in [5.41, 5.74) is 2.24. The highest BCUT2D eigenvalue weighted by Gasteiger charge is 2.32. The first kappa shape index (κ1) is 26.1. The molecule has 198 valence electrons. The van der Waals surface area contributed by atoms with Crippen LogP contribution in [0.15, 0.2) is 133 Å². The lowest BCUT2D eigenvalue weighted by atomic mass is 9.95. The van der Waals surface area contributed by atoms with Gasteiger partial charge in [-0.2, -0.15) is 0 Å². The van der Waals surface area contributed by atoms with Crippen molar-refractivity contribution in [2.24, 2.45) is 4.99 Å². The number of furan rings is 1. The normalized spacial score (nSPS) is 15.1. The fourth-order valence-corrected chi connectivity index (χ4v) is 6.43. The third-order valence-corrected chi connectivity index (χ3v) is 8.48. The molecule has 0 unspecified atom stereocenters. The number of amides is 1. The minimum absolute atomic E-state index is 0.238. The summed E-state index contributed by atoms with van der Waals surface area (Å²) >= 11 is 8.73. The van der Waals surface area contributed by atoms with E-state index in [0.29, 0.717) is 42.2 Å². The Morgan fingerprint density at radius 2 is 1.70 bits per heavy atom. The van der Waals surface area contributed by atoms with Crippen LogP contribution < -0.4 is 20.2 Å². The quantitative estimate of drug-likeness (QED) is 0.256. The predicted octanol–water partition coefficient (Wildman–Crippen LogP) is 6.27. The number of allylic oxidation sites excluding steroid dienone is 1. The lowest BCUT2D eigenvalue weighted by Crippen LogP contribution is -2.40. The first-order valence-electron chi connectivity index (χ1n) is 12.4. The largest absolute Gasteiger partial charge is 0.450 e. The average molecular weight is 584 g/mol. The number of hydrogen-bond acceptors (Lipinski definition) is 6. The lowest BCUT2D eigenvalue weighted by Gasteiger charge is -2.25. The van der Waals surface area contributed by atoms with Crippen LogP contribution in [-0.2, 0) is 4.79 Å². The Labute approximate surface area is 243 Å². The summed E-state index contributed by atoms with van der Waals surface area (Å²) in [5, 5.41) is 4.33. The molecule has 0 spiro atoms. The van der Waals surface area contributed by atoms with Crippen molar-refractivity contribution in [1.29, 1.82) is 0 Å². The van der Waals surface area contributed by atoms with Gasteiger partial charge in [-0.1, -0.05) is 83.2 Å². The molecule has 5 aromatic rings. The van der Waals surface area contributed by atoms with Crippen molar-refractivity contribution in [2.75, 3.05) is 5.32 Å². The molecule has 6 nitrogen and oxygen atoms in total. The van der Waals surface area contributed by atoms with Gasteiger partial charge in [-0.15, -0.1) is 0 Å². The van der Waals surface area contributed by atoms with Crippen LogP contribution in [0, 0.1) is 0 Å². The minimum atomic E-state index is -0.629. The van der Waals surface area contributed by atoms with Crippen LogP contribution >= 0.6 is 34.7 Å². The molecule has 0 saturated heterocycles. The van der Waals surface area contributed by atoms with E-state index in [-0.39, 0.29) is 11.5 Å². The Balaban J connectivity index is 1.39. The number of anilines is 1. The van der Waals surface area contributed by atoms with Gasteiger partial charge in [0, 0.05) is 21.7 Å². The zero-order chi connectivity index (χ0) is 27.6. The van der Waals surface area contributed by atoms with Crippen LogP contribution in [0.4, 0.5) is 5.69 Å². The molecule has 2 aromatic heterocycles.